The highest BCUT2D eigenvalue weighted by Crippen LogP contribution is 2.41. The van der Waals surface area contributed by atoms with Gasteiger partial charge in [-0.15, -0.1) is 0 Å². The van der Waals surface area contributed by atoms with Crippen molar-refractivity contribution in [1.29, 1.82) is 0 Å². The van der Waals surface area contributed by atoms with E-state index in [9.17, 15) is 62.9 Å². The number of aromatic nitrogens is 2. The zero-order valence-electron chi connectivity index (χ0n) is 24.2. The Morgan fingerprint density at radius 2 is 0.875 bits per heavy atom. The minimum atomic E-state index is -5.12. The molecule has 0 amide bonds. The third-order valence-electron chi connectivity index (χ3n) is 7.98. The molecular weight excluding hydrogens is 676 g/mol. The smallest absolute Gasteiger partial charge is 0.387 e. The van der Waals surface area contributed by atoms with Gasteiger partial charge >= 0.3 is 24.7 Å². The Labute approximate surface area is 263 Å². The van der Waals surface area contributed by atoms with Crippen molar-refractivity contribution >= 4 is 21.8 Å². The second-order valence-corrected chi connectivity index (χ2v) is 11.2. The first-order valence-electron chi connectivity index (χ1n) is 14.1. The highest BCUT2D eigenvalue weighted by atomic mass is 19.4. The van der Waals surface area contributed by atoms with Crippen molar-refractivity contribution in [3.05, 3.63) is 82.2 Å². The van der Waals surface area contributed by atoms with Gasteiger partial charge in [0, 0.05) is 50.0 Å². The summed E-state index contributed by atoms with van der Waals surface area (Å²) in [7, 11) is 0. The molecule has 0 radical (unpaired) electrons. The molecule has 1 aliphatic heterocycles. The average molecular weight is 701 g/mol. The Bertz CT molecular complexity index is 1660. The molecule has 6 nitrogen and oxygen atoms in total. The molecule has 18 heteroatoms. The topological polar surface area (TPSA) is 72.7 Å². The highest BCUT2D eigenvalue weighted by Gasteiger charge is 2.40. The molecule has 2 aromatic carbocycles. The molecule has 3 heterocycles. The number of hydrogen-bond acceptors (Lipinski definition) is 6. The number of aliphatic hydroxyl groups is 2. The number of rotatable bonds is 6. The van der Waals surface area contributed by atoms with Crippen LogP contribution < -0.4 is 0 Å². The van der Waals surface area contributed by atoms with E-state index in [1.165, 1.54) is 0 Å². The summed E-state index contributed by atoms with van der Waals surface area (Å²) in [5.74, 6) is 0. The van der Waals surface area contributed by atoms with Gasteiger partial charge < -0.3 is 10.2 Å². The third kappa shape index (κ3) is 7.45. The first-order chi connectivity index (χ1) is 22.1. The summed E-state index contributed by atoms with van der Waals surface area (Å²) in [5, 5.41) is 21.2. The Morgan fingerprint density at radius 3 is 1.17 bits per heavy atom. The Kier molecular flexibility index (Phi) is 9.35. The van der Waals surface area contributed by atoms with Crippen LogP contribution in [0.3, 0.4) is 0 Å². The Hall–Kier alpha value is -3.74. The Balaban J connectivity index is 1.34. The lowest BCUT2D eigenvalue weighted by Crippen LogP contribution is -2.48. The van der Waals surface area contributed by atoms with E-state index in [2.05, 4.69) is 9.97 Å². The molecule has 0 unspecified atom stereocenters. The molecule has 2 aromatic heterocycles. The van der Waals surface area contributed by atoms with Crippen molar-refractivity contribution in [2.45, 2.75) is 36.9 Å². The van der Waals surface area contributed by atoms with E-state index in [0.29, 0.717) is 24.3 Å². The molecule has 2 N–H and O–H groups in total. The van der Waals surface area contributed by atoms with Crippen molar-refractivity contribution in [2.75, 3.05) is 39.3 Å². The van der Waals surface area contributed by atoms with Gasteiger partial charge in [0.25, 0.3) is 0 Å². The van der Waals surface area contributed by atoms with Crippen molar-refractivity contribution < 1.29 is 62.9 Å². The average Bonchev–Trinajstić information content (AvgIpc) is 2.98. The molecule has 260 valence electrons. The monoisotopic (exact) mass is 700 g/mol. The van der Waals surface area contributed by atoms with Crippen LogP contribution in [0.2, 0.25) is 0 Å². The summed E-state index contributed by atoms with van der Waals surface area (Å²) < 4.78 is 163. The van der Waals surface area contributed by atoms with Crippen LogP contribution in [-0.4, -0.2) is 69.2 Å². The lowest BCUT2D eigenvalue weighted by molar-refractivity contribution is -0.142. The number of alkyl halides is 12. The highest BCUT2D eigenvalue weighted by molar-refractivity contribution is 5.87. The molecule has 2 atom stereocenters. The van der Waals surface area contributed by atoms with E-state index in [4.69, 9.17) is 0 Å². The molecule has 1 saturated heterocycles. The van der Waals surface area contributed by atoms with Crippen LogP contribution in [0.4, 0.5) is 52.7 Å². The summed E-state index contributed by atoms with van der Waals surface area (Å²) in [4.78, 5) is 9.56. The SMILES string of the molecule is O[C@H](CN1CCN(C[C@@H](O)c2cc(C(F)(F)F)nc3c(C(F)(F)F)cccc23)CC1)c1cc(C(F)(F)F)nc2c(C(F)(F)F)cccc12. The maximum atomic E-state index is 13.6. The number of hydrogen-bond donors (Lipinski definition) is 2. The minimum absolute atomic E-state index is 0.107. The number of benzene rings is 2. The van der Waals surface area contributed by atoms with Crippen LogP contribution in [0.15, 0.2) is 48.5 Å². The van der Waals surface area contributed by atoms with Crippen LogP contribution >= 0.6 is 0 Å². The zero-order chi connectivity index (χ0) is 35.4. The van der Waals surface area contributed by atoms with Crippen LogP contribution in [0.1, 0.15) is 45.8 Å². The second kappa shape index (κ2) is 12.6. The number of halogens is 12. The molecule has 4 aromatic rings. The predicted octanol–water partition coefficient (Wildman–Crippen LogP) is 7.24. The largest absolute Gasteiger partial charge is 0.433 e. The van der Waals surface area contributed by atoms with Gasteiger partial charge in [-0.1, -0.05) is 24.3 Å². The first kappa shape index (κ1) is 35.6. The van der Waals surface area contributed by atoms with Crippen molar-refractivity contribution in [2.24, 2.45) is 0 Å². The summed E-state index contributed by atoms with van der Waals surface area (Å²) in [6.45, 7) is -0.197. The molecule has 0 saturated carbocycles. The lowest BCUT2D eigenvalue weighted by Gasteiger charge is -2.36. The molecule has 1 aliphatic rings. The number of aliphatic hydroxyl groups excluding tert-OH is 2. The number of para-hydroxylation sites is 2. The van der Waals surface area contributed by atoms with E-state index in [1.54, 1.807) is 9.80 Å². The summed E-state index contributed by atoms with van der Waals surface area (Å²) in [5.41, 5.74) is -8.89. The molecule has 0 bridgehead atoms. The maximum Gasteiger partial charge on any atom is 0.433 e. The Morgan fingerprint density at radius 1 is 0.542 bits per heavy atom. The molecule has 5 rings (SSSR count). The van der Waals surface area contributed by atoms with E-state index in [-0.39, 0.29) is 50.0 Å². The van der Waals surface area contributed by atoms with Crippen LogP contribution in [0, 0.1) is 0 Å². The second-order valence-electron chi connectivity index (χ2n) is 11.2. The summed E-state index contributed by atoms with van der Waals surface area (Å²) in [6, 6.07) is 6.30. The van der Waals surface area contributed by atoms with Crippen LogP contribution in [0.5, 0.6) is 0 Å². The molecule has 0 spiro atoms. The van der Waals surface area contributed by atoms with Gasteiger partial charge in [-0.05, 0) is 35.4 Å². The number of nitrogens with zero attached hydrogens (tertiary/aromatic N) is 4. The fraction of sp³-hybridized carbons (Fsp3) is 0.400. The molecule has 0 aliphatic carbocycles. The normalized spacial score (nSPS) is 17.3. The maximum absolute atomic E-state index is 13.6. The number of β-amino-alcohol motifs (C(OH)–C–C–N with tert-alkyl or cyclic N) is 2. The van der Waals surface area contributed by atoms with Gasteiger partial charge in [0.05, 0.1) is 34.4 Å². The fourth-order valence-electron chi connectivity index (χ4n) is 5.69. The summed E-state index contributed by atoms with van der Waals surface area (Å²) in [6.07, 6.45) is -23.7. The van der Waals surface area contributed by atoms with E-state index in [0.717, 1.165) is 24.3 Å². The number of piperazine rings is 1. The first-order valence-corrected chi connectivity index (χ1v) is 14.1. The molecular formula is C30H24F12N4O2. The van der Waals surface area contributed by atoms with Gasteiger partial charge in [0.15, 0.2) is 0 Å². The van der Waals surface area contributed by atoms with Gasteiger partial charge in [-0.25, -0.2) is 9.97 Å². The van der Waals surface area contributed by atoms with E-state index < -0.39 is 81.6 Å². The van der Waals surface area contributed by atoms with E-state index in [1.807, 2.05) is 0 Å². The van der Waals surface area contributed by atoms with Crippen molar-refractivity contribution in [3.63, 3.8) is 0 Å². The fourth-order valence-corrected chi connectivity index (χ4v) is 5.69. The zero-order valence-corrected chi connectivity index (χ0v) is 24.2. The van der Waals surface area contributed by atoms with Crippen molar-refractivity contribution in [3.8, 4) is 0 Å². The number of fused-ring (bicyclic) bond motifs is 2. The third-order valence-corrected chi connectivity index (χ3v) is 7.98. The van der Waals surface area contributed by atoms with Crippen LogP contribution in [-0.2, 0) is 24.7 Å². The molecule has 48 heavy (non-hydrogen) atoms. The standard InChI is InChI=1S/C30H24F12N4O2/c31-27(32,33)19-5-1-3-15-17(11-23(29(37,38)39)43-25(15)19)21(47)13-45-7-9-46(10-8-45)14-22(48)18-12-24(30(40,41)42)44-26-16(18)4-2-6-20(26)28(34,35)36/h1-6,11-12,21-22,47-48H,7-10,13-14H2/t21-,22-/m1/s1. The molecule has 1 fully saturated rings. The van der Waals surface area contributed by atoms with E-state index >= 15 is 0 Å². The van der Waals surface area contributed by atoms with Crippen molar-refractivity contribution in [1.82, 2.24) is 19.8 Å². The van der Waals surface area contributed by atoms with Gasteiger partial charge in [-0.3, -0.25) is 9.80 Å². The van der Waals surface area contributed by atoms with Crippen LogP contribution in [0.25, 0.3) is 21.8 Å². The minimum Gasteiger partial charge on any atom is -0.387 e. The quantitative estimate of drug-likeness (QED) is 0.207. The lowest BCUT2D eigenvalue weighted by atomic mass is 9.98. The van der Waals surface area contributed by atoms with Gasteiger partial charge in [-0.2, -0.15) is 52.7 Å². The number of pyridine rings is 2. The predicted molar refractivity (Wildman–Crippen MR) is 146 cm³/mol. The van der Waals surface area contributed by atoms with Gasteiger partial charge in [0.2, 0.25) is 0 Å². The van der Waals surface area contributed by atoms with Gasteiger partial charge in [0.1, 0.15) is 11.4 Å². The summed E-state index contributed by atoms with van der Waals surface area (Å²) >= 11 is 0.